The molecule has 0 bridgehead atoms. The second-order valence-corrected chi connectivity index (χ2v) is 6.14. The Morgan fingerprint density at radius 1 is 1.47 bits per heavy atom. The van der Waals surface area contributed by atoms with Crippen LogP contribution in [0.25, 0.3) is 0 Å². The first-order valence-electron chi connectivity index (χ1n) is 6.26. The van der Waals surface area contributed by atoms with E-state index in [1.165, 1.54) is 17.7 Å². The highest BCUT2D eigenvalue weighted by molar-refractivity contribution is 7.13. The molecule has 0 saturated heterocycles. The Kier molecular flexibility index (Phi) is 4.31. The summed E-state index contributed by atoms with van der Waals surface area (Å²) in [4.78, 5) is 18.0. The summed E-state index contributed by atoms with van der Waals surface area (Å²) in [6.07, 6.45) is 3.17. The van der Waals surface area contributed by atoms with Crippen LogP contribution in [0.4, 0.5) is 0 Å². The van der Waals surface area contributed by atoms with Crippen molar-refractivity contribution >= 4 is 17.2 Å². The van der Waals surface area contributed by atoms with Crippen molar-refractivity contribution in [3.05, 3.63) is 34.5 Å². The molecule has 0 aliphatic heterocycles. The van der Waals surface area contributed by atoms with Gasteiger partial charge in [0.25, 0.3) is 5.91 Å². The molecule has 2 rings (SSSR count). The molecule has 5 nitrogen and oxygen atoms in total. The van der Waals surface area contributed by atoms with Gasteiger partial charge in [0.2, 0.25) is 0 Å². The lowest BCUT2D eigenvalue weighted by Gasteiger charge is -2.21. The highest BCUT2D eigenvalue weighted by Crippen LogP contribution is 2.15. The number of aromatic nitrogens is 3. The molecule has 0 aliphatic carbocycles. The van der Waals surface area contributed by atoms with Crippen molar-refractivity contribution in [1.29, 1.82) is 0 Å². The monoisotopic (exact) mass is 278 g/mol. The van der Waals surface area contributed by atoms with Gasteiger partial charge in [-0.15, -0.1) is 11.3 Å². The quantitative estimate of drug-likeness (QED) is 0.911. The van der Waals surface area contributed by atoms with Crippen LogP contribution in [0.1, 0.15) is 28.4 Å². The van der Waals surface area contributed by atoms with Gasteiger partial charge in [0, 0.05) is 4.88 Å². The van der Waals surface area contributed by atoms with Gasteiger partial charge in [0.05, 0.1) is 17.5 Å². The van der Waals surface area contributed by atoms with Crippen molar-refractivity contribution in [3.63, 3.8) is 0 Å². The van der Waals surface area contributed by atoms with Crippen LogP contribution in [-0.2, 0) is 6.54 Å². The van der Waals surface area contributed by atoms with E-state index in [9.17, 15) is 4.79 Å². The number of thiophene rings is 1. The smallest absolute Gasteiger partial charge is 0.261 e. The summed E-state index contributed by atoms with van der Waals surface area (Å²) in [5.74, 6) is 0.311. The zero-order valence-electron chi connectivity index (χ0n) is 11.3. The zero-order valence-corrected chi connectivity index (χ0v) is 12.1. The lowest BCUT2D eigenvalue weighted by Crippen LogP contribution is -2.41. The van der Waals surface area contributed by atoms with Crippen molar-refractivity contribution in [3.8, 4) is 0 Å². The van der Waals surface area contributed by atoms with E-state index < -0.39 is 0 Å². The van der Waals surface area contributed by atoms with Crippen molar-refractivity contribution in [2.75, 3.05) is 0 Å². The Morgan fingerprint density at radius 2 is 2.26 bits per heavy atom. The average Bonchev–Trinajstić information content (AvgIpc) is 2.99. The SMILES string of the molecule is Cc1ccc(C(=O)NC(Cn2cncn2)C(C)C)s1. The van der Waals surface area contributed by atoms with Gasteiger partial charge >= 0.3 is 0 Å². The molecule has 2 aromatic rings. The van der Waals surface area contributed by atoms with E-state index in [1.807, 2.05) is 19.1 Å². The number of hydrogen-bond donors (Lipinski definition) is 1. The number of aryl methyl sites for hydroxylation is 1. The van der Waals surface area contributed by atoms with Gasteiger partial charge in [0.15, 0.2) is 0 Å². The van der Waals surface area contributed by atoms with E-state index in [1.54, 1.807) is 11.0 Å². The summed E-state index contributed by atoms with van der Waals surface area (Å²) in [5.41, 5.74) is 0. The van der Waals surface area contributed by atoms with E-state index in [-0.39, 0.29) is 11.9 Å². The summed E-state index contributed by atoms with van der Waals surface area (Å²) in [7, 11) is 0. The van der Waals surface area contributed by atoms with Crippen molar-refractivity contribution in [1.82, 2.24) is 20.1 Å². The molecule has 1 N–H and O–H groups in total. The molecule has 0 saturated carbocycles. The first-order chi connectivity index (χ1) is 9.06. The standard InChI is InChI=1S/C13H18N4OS/c1-9(2)11(6-17-8-14-7-15-17)16-13(18)12-5-4-10(3)19-12/h4-5,7-9,11H,6H2,1-3H3,(H,16,18). The van der Waals surface area contributed by atoms with Gasteiger partial charge in [-0.1, -0.05) is 13.8 Å². The van der Waals surface area contributed by atoms with E-state index in [4.69, 9.17) is 0 Å². The van der Waals surface area contributed by atoms with Crippen LogP contribution < -0.4 is 5.32 Å². The first-order valence-corrected chi connectivity index (χ1v) is 7.07. The molecule has 0 aliphatic rings. The van der Waals surface area contributed by atoms with Crippen molar-refractivity contribution in [2.45, 2.75) is 33.4 Å². The molecular formula is C13H18N4OS. The summed E-state index contributed by atoms with van der Waals surface area (Å²) >= 11 is 1.51. The van der Waals surface area contributed by atoms with Crippen LogP contribution >= 0.6 is 11.3 Å². The predicted octanol–water partition coefficient (Wildman–Crippen LogP) is 2.10. The highest BCUT2D eigenvalue weighted by atomic mass is 32.1. The summed E-state index contributed by atoms with van der Waals surface area (Å²) < 4.78 is 1.74. The minimum Gasteiger partial charge on any atom is -0.346 e. The summed E-state index contributed by atoms with van der Waals surface area (Å²) in [5, 5.41) is 7.15. The minimum absolute atomic E-state index is 0.0167. The van der Waals surface area contributed by atoms with Gasteiger partial charge in [-0.05, 0) is 25.0 Å². The van der Waals surface area contributed by atoms with E-state index >= 15 is 0 Å². The maximum atomic E-state index is 12.2. The van der Waals surface area contributed by atoms with Gasteiger partial charge < -0.3 is 5.32 Å². The Hall–Kier alpha value is -1.69. The molecule has 0 aromatic carbocycles. The van der Waals surface area contributed by atoms with Gasteiger partial charge in [0.1, 0.15) is 12.7 Å². The molecule has 19 heavy (non-hydrogen) atoms. The number of carbonyl (C=O) groups excluding carboxylic acids is 1. The van der Waals surface area contributed by atoms with E-state index in [0.29, 0.717) is 12.5 Å². The molecule has 1 unspecified atom stereocenters. The van der Waals surface area contributed by atoms with Gasteiger partial charge in [-0.25, -0.2) is 4.98 Å². The number of nitrogens with one attached hydrogen (secondary N) is 1. The molecule has 2 heterocycles. The number of rotatable bonds is 5. The zero-order chi connectivity index (χ0) is 13.8. The van der Waals surface area contributed by atoms with Crippen molar-refractivity contribution in [2.24, 2.45) is 5.92 Å². The van der Waals surface area contributed by atoms with Crippen molar-refractivity contribution < 1.29 is 4.79 Å². The number of nitrogens with zero attached hydrogens (tertiary/aromatic N) is 3. The second-order valence-electron chi connectivity index (χ2n) is 4.85. The molecule has 102 valence electrons. The minimum atomic E-state index is -0.0167. The van der Waals surface area contributed by atoms with Gasteiger partial charge in [-0.2, -0.15) is 5.10 Å². The van der Waals surface area contributed by atoms with Crippen LogP contribution in [0.3, 0.4) is 0 Å². The highest BCUT2D eigenvalue weighted by Gasteiger charge is 2.18. The number of amides is 1. The normalized spacial score (nSPS) is 12.6. The van der Waals surface area contributed by atoms with Gasteiger partial charge in [-0.3, -0.25) is 9.48 Å². The Morgan fingerprint density at radius 3 is 2.79 bits per heavy atom. The summed E-state index contributed by atoms with van der Waals surface area (Å²) in [6, 6.07) is 3.86. The van der Waals surface area contributed by atoms with Crippen LogP contribution in [0, 0.1) is 12.8 Å². The fourth-order valence-corrected chi connectivity index (χ4v) is 2.52. The molecular weight excluding hydrogens is 260 g/mol. The lowest BCUT2D eigenvalue weighted by atomic mass is 10.0. The van der Waals surface area contributed by atoms with Crippen LogP contribution in [0.2, 0.25) is 0 Å². The van der Waals surface area contributed by atoms with Crippen LogP contribution in [-0.4, -0.2) is 26.7 Å². The third-order valence-electron chi connectivity index (χ3n) is 2.94. The molecule has 0 radical (unpaired) electrons. The first kappa shape index (κ1) is 13.7. The molecule has 1 amide bonds. The third-order valence-corrected chi connectivity index (χ3v) is 3.94. The molecule has 0 fully saturated rings. The summed E-state index contributed by atoms with van der Waals surface area (Å²) in [6.45, 7) is 6.80. The molecule has 6 heteroatoms. The average molecular weight is 278 g/mol. The second kappa shape index (κ2) is 5.97. The molecule has 2 aromatic heterocycles. The fraction of sp³-hybridized carbons (Fsp3) is 0.462. The Labute approximate surface area is 116 Å². The third kappa shape index (κ3) is 3.64. The Balaban J connectivity index is 2.02. The van der Waals surface area contributed by atoms with E-state index in [2.05, 4.69) is 29.2 Å². The number of carbonyl (C=O) groups is 1. The fourth-order valence-electron chi connectivity index (χ4n) is 1.75. The Bertz CT molecular complexity index is 533. The van der Waals surface area contributed by atoms with Crippen LogP contribution in [0.15, 0.2) is 24.8 Å². The number of hydrogen-bond acceptors (Lipinski definition) is 4. The lowest BCUT2D eigenvalue weighted by molar-refractivity contribution is 0.0923. The topological polar surface area (TPSA) is 59.8 Å². The van der Waals surface area contributed by atoms with E-state index in [0.717, 1.165) is 9.75 Å². The molecule has 1 atom stereocenters. The largest absolute Gasteiger partial charge is 0.346 e. The maximum Gasteiger partial charge on any atom is 0.261 e. The predicted molar refractivity (Wildman–Crippen MR) is 75.2 cm³/mol. The van der Waals surface area contributed by atoms with Crippen LogP contribution in [0.5, 0.6) is 0 Å². The maximum absolute atomic E-state index is 12.2. The molecule has 0 spiro atoms.